The van der Waals surface area contributed by atoms with E-state index in [9.17, 15) is 0 Å². The van der Waals surface area contributed by atoms with Gasteiger partial charge < -0.3 is 0 Å². The highest BCUT2D eigenvalue weighted by Gasteiger charge is 2.04. The summed E-state index contributed by atoms with van der Waals surface area (Å²) >= 11 is 11.5. The fraction of sp³-hybridized carbons (Fsp3) is 0.333. The van der Waals surface area contributed by atoms with Crippen LogP contribution in [0.5, 0.6) is 0 Å². The molecule has 14 heavy (non-hydrogen) atoms. The Balaban J connectivity index is 2.44. The normalized spacial score (nSPS) is 12.4. The minimum atomic E-state index is 0.0529. The molecular formula is C12H14Cl2. The van der Waals surface area contributed by atoms with Crippen LogP contribution in [0.1, 0.15) is 18.4 Å². The number of allylic oxidation sites excluding steroid dienone is 1. The Kier molecular flexibility index (Phi) is 5.06. The first-order valence-corrected chi connectivity index (χ1v) is 5.64. The van der Waals surface area contributed by atoms with Gasteiger partial charge >= 0.3 is 0 Å². The van der Waals surface area contributed by atoms with Crippen LogP contribution in [0.4, 0.5) is 0 Å². The van der Waals surface area contributed by atoms with Crippen molar-refractivity contribution in [1.82, 2.24) is 0 Å². The van der Waals surface area contributed by atoms with Gasteiger partial charge in [0, 0.05) is 11.3 Å². The zero-order chi connectivity index (χ0) is 10.4. The number of halogens is 2. The predicted octanol–water partition coefficient (Wildman–Crippen LogP) is 4.33. The van der Waals surface area contributed by atoms with Crippen LogP contribution in [-0.2, 0) is 0 Å². The molecule has 0 amide bonds. The topological polar surface area (TPSA) is 0 Å². The van der Waals surface area contributed by atoms with Crippen molar-refractivity contribution in [3.05, 3.63) is 42.5 Å². The lowest BCUT2D eigenvalue weighted by Gasteiger charge is -2.07. The molecule has 0 spiro atoms. The highest BCUT2D eigenvalue weighted by molar-refractivity contribution is 6.28. The van der Waals surface area contributed by atoms with Gasteiger partial charge in [-0.25, -0.2) is 0 Å². The summed E-state index contributed by atoms with van der Waals surface area (Å²) in [5.41, 5.74) is 2.31. The van der Waals surface area contributed by atoms with Gasteiger partial charge in [-0.3, -0.25) is 0 Å². The number of hydrogen-bond donors (Lipinski definition) is 0. The zero-order valence-electron chi connectivity index (χ0n) is 8.05. The molecule has 0 fully saturated rings. The van der Waals surface area contributed by atoms with Crippen LogP contribution >= 0.6 is 23.2 Å². The van der Waals surface area contributed by atoms with Crippen LogP contribution in [0.25, 0.3) is 5.57 Å². The molecule has 1 aromatic carbocycles. The largest absolute Gasteiger partial charge is 0.125 e. The maximum Gasteiger partial charge on any atom is 0.0474 e. The van der Waals surface area contributed by atoms with E-state index < -0.39 is 0 Å². The molecule has 1 atom stereocenters. The molecule has 0 aliphatic carbocycles. The van der Waals surface area contributed by atoms with E-state index in [-0.39, 0.29) is 5.38 Å². The number of alkyl halides is 2. The minimum absolute atomic E-state index is 0.0529. The summed E-state index contributed by atoms with van der Waals surface area (Å²) in [6, 6.07) is 10.2. The van der Waals surface area contributed by atoms with Crippen molar-refractivity contribution in [3.8, 4) is 0 Å². The lowest BCUT2D eigenvalue weighted by atomic mass is 10.0. The van der Waals surface area contributed by atoms with E-state index in [1.54, 1.807) is 0 Å². The van der Waals surface area contributed by atoms with Crippen molar-refractivity contribution >= 4 is 28.8 Å². The fourth-order valence-corrected chi connectivity index (χ4v) is 1.49. The average Bonchev–Trinajstić information content (AvgIpc) is 2.26. The van der Waals surface area contributed by atoms with Gasteiger partial charge in [-0.05, 0) is 24.0 Å². The second-order valence-corrected chi connectivity index (χ2v) is 4.19. The molecule has 0 saturated carbocycles. The van der Waals surface area contributed by atoms with E-state index in [0.717, 1.165) is 18.4 Å². The van der Waals surface area contributed by atoms with Gasteiger partial charge in [0.15, 0.2) is 0 Å². The Morgan fingerprint density at radius 1 is 1.29 bits per heavy atom. The van der Waals surface area contributed by atoms with Crippen LogP contribution in [-0.4, -0.2) is 11.3 Å². The summed E-state index contributed by atoms with van der Waals surface area (Å²) in [7, 11) is 0. The first kappa shape index (κ1) is 11.6. The average molecular weight is 229 g/mol. The SMILES string of the molecule is C=C(CCC(Cl)CCl)c1ccccc1. The summed E-state index contributed by atoms with van der Waals surface area (Å²) in [5, 5.41) is 0.0529. The van der Waals surface area contributed by atoms with E-state index in [1.165, 1.54) is 5.56 Å². The maximum absolute atomic E-state index is 5.92. The molecule has 0 heterocycles. The third-order valence-corrected chi connectivity index (χ3v) is 3.01. The molecule has 76 valence electrons. The Morgan fingerprint density at radius 3 is 2.50 bits per heavy atom. The third-order valence-electron chi connectivity index (χ3n) is 2.11. The molecule has 0 N–H and O–H groups in total. The van der Waals surface area contributed by atoms with Gasteiger partial charge in [-0.1, -0.05) is 36.9 Å². The van der Waals surface area contributed by atoms with Gasteiger partial charge in [-0.15, -0.1) is 23.2 Å². The Morgan fingerprint density at radius 2 is 1.93 bits per heavy atom. The van der Waals surface area contributed by atoms with Crippen molar-refractivity contribution in [2.24, 2.45) is 0 Å². The van der Waals surface area contributed by atoms with E-state index in [1.807, 2.05) is 18.2 Å². The summed E-state index contributed by atoms with van der Waals surface area (Å²) in [6.07, 6.45) is 1.80. The summed E-state index contributed by atoms with van der Waals surface area (Å²) in [5.74, 6) is 0.504. The van der Waals surface area contributed by atoms with Crippen molar-refractivity contribution in [3.63, 3.8) is 0 Å². The highest BCUT2D eigenvalue weighted by atomic mass is 35.5. The molecule has 2 heteroatoms. The summed E-state index contributed by atoms with van der Waals surface area (Å²) in [6.45, 7) is 4.03. The predicted molar refractivity (Wildman–Crippen MR) is 65.1 cm³/mol. The van der Waals surface area contributed by atoms with Gasteiger partial charge in [0.05, 0.1) is 0 Å². The second kappa shape index (κ2) is 6.10. The van der Waals surface area contributed by atoms with Crippen molar-refractivity contribution in [2.45, 2.75) is 18.2 Å². The molecule has 1 unspecified atom stereocenters. The summed E-state index contributed by atoms with van der Waals surface area (Å²) < 4.78 is 0. The molecule has 0 bridgehead atoms. The van der Waals surface area contributed by atoms with Crippen LogP contribution in [0, 0.1) is 0 Å². The van der Waals surface area contributed by atoms with Gasteiger partial charge in [0.2, 0.25) is 0 Å². The summed E-state index contributed by atoms with van der Waals surface area (Å²) in [4.78, 5) is 0. The Hall–Kier alpha value is -0.460. The Bertz CT molecular complexity index is 280. The maximum atomic E-state index is 5.92. The lowest BCUT2D eigenvalue weighted by molar-refractivity contribution is 0.839. The van der Waals surface area contributed by atoms with Crippen molar-refractivity contribution in [1.29, 1.82) is 0 Å². The molecule has 0 saturated heterocycles. The van der Waals surface area contributed by atoms with Gasteiger partial charge in [0.1, 0.15) is 0 Å². The fourth-order valence-electron chi connectivity index (χ4n) is 1.23. The van der Waals surface area contributed by atoms with Gasteiger partial charge in [-0.2, -0.15) is 0 Å². The quantitative estimate of drug-likeness (QED) is 0.659. The monoisotopic (exact) mass is 228 g/mol. The molecule has 0 radical (unpaired) electrons. The van der Waals surface area contributed by atoms with Gasteiger partial charge in [0.25, 0.3) is 0 Å². The molecule has 0 nitrogen and oxygen atoms in total. The third kappa shape index (κ3) is 3.73. The van der Waals surface area contributed by atoms with E-state index >= 15 is 0 Å². The standard InChI is InChI=1S/C12H14Cl2/c1-10(7-8-12(14)9-13)11-5-3-2-4-6-11/h2-6,12H,1,7-9H2. The van der Waals surface area contributed by atoms with Crippen molar-refractivity contribution in [2.75, 3.05) is 5.88 Å². The smallest absolute Gasteiger partial charge is 0.0474 e. The van der Waals surface area contributed by atoms with E-state index in [4.69, 9.17) is 23.2 Å². The first-order valence-electron chi connectivity index (χ1n) is 4.67. The molecule has 1 rings (SSSR count). The molecular weight excluding hydrogens is 215 g/mol. The lowest BCUT2D eigenvalue weighted by Crippen LogP contribution is -1.99. The Labute approximate surface area is 95.5 Å². The van der Waals surface area contributed by atoms with Crippen LogP contribution < -0.4 is 0 Å². The minimum Gasteiger partial charge on any atom is -0.125 e. The van der Waals surface area contributed by atoms with Crippen molar-refractivity contribution < 1.29 is 0 Å². The number of rotatable bonds is 5. The molecule has 0 aliphatic rings. The van der Waals surface area contributed by atoms with E-state index in [0.29, 0.717) is 5.88 Å². The first-order chi connectivity index (χ1) is 6.74. The number of benzene rings is 1. The highest BCUT2D eigenvalue weighted by Crippen LogP contribution is 2.20. The molecule has 1 aromatic rings. The molecule has 0 aliphatic heterocycles. The number of hydrogen-bond acceptors (Lipinski definition) is 0. The molecule has 0 aromatic heterocycles. The van der Waals surface area contributed by atoms with Crippen LogP contribution in [0.15, 0.2) is 36.9 Å². The van der Waals surface area contributed by atoms with E-state index in [2.05, 4.69) is 18.7 Å². The van der Waals surface area contributed by atoms with Crippen LogP contribution in [0.3, 0.4) is 0 Å². The second-order valence-electron chi connectivity index (χ2n) is 3.26. The zero-order valence-corrected chi connectivity index (χ0v) is 9.56. The van der Waals surface area contributed by atoms with Crippen LogP contribution in [0.2, 0.25) is 0 Å².